The summed E-state index contributed by atoms with van der Waals surface area (Å²) in [7, 11) is 0. The third-order valence-electron chi connectivity index (χ3n) is 2.26. The Morgan fingerprint density at radius 3 is 2.71 bits per heavy atom. The number of nitrogens with zero attached hydrogens (tertiary/aromatic N) is 1. The number of rotatable bonds is 4. The van der Waals surface area contributed by atoms with Crippen molar-refractivity contribution >= 4 is 29.0 Å². The lowest BCUT2D eigenvalue weighted by Crippen LogP contribution is -2.10. The SMILES string of the molecule is CSCc1csc(-c2ccc(C(N)=O)cc2)n1. The molecule has 0 unspecified atom stereocenters. The van der Waals surface area contributed by atoms with Crippen LogP contribution in [0, 0.1) is 0 Å². The van der Waals surface area contributed by atoms with Gasteiger partial charge in [0.2, 0.25) is 5.91 Å². The third kappa shape index (κ3) is 2.87. The van der Waals surface area contributed by atoms with Crippen molar-refractivity contribution in [2.45, 2.75) is 5.75 Å². The molecule has 0 aliphatic heterocycles. The van der Waals surface area contributed by atoms with Crippen LogP contribution in [-0.2, 0) is 5.75 Å². The maximum atomic E-state index is 10.9. The van der Waals surface area contributed by atoms with Gasteiger partial charge >= 0.3 is 0 Å². The quantitative estimate of drug-likeness (QED) is 0.923. The molecular formula is C12H12N2OS2. The molecule has 2 aromatic rings. The lowest BCUT2D eigenvalue weighted by Gasteiger charge is -1.98. The fraction of sp³-hybridized carbons (Fsp3) is 0.167. The minimum absolute atomic E-state index is 0.404. The van der Waals surface area contributed by atoms with Crippen molar-refractivity contribution in [1.29, 1.82) is 0 Å². The predicted molar refractivity (Wildman–Crippen MR) is 73.3 cm³/mol. The van der Waals surface area contributed by atoms with Crippen molar-refractivity contribution in [2.24, 2.45) is 5.73 Å². The lowest BCUT2D eigenvalue weighted by molar-refractivity contribution is 0.100. The Labute approximate surface area is 108 Å². The van der Waals surface area contributed by atoms with Crippen molar-refractivity contribution in [1.82, 2.24) is 4.98 Å². The van der Waals surface area contributed by atoms with E-state index < -0.39 is 5.91 Å². The molecule has 2 N–H and O–H groups in total. The summed E-state index contributed by atoms with van der Waals surface area (Å²) < 4.78 is 0. The van der Waals surface area contributed by atoms with Gasteiger partial charge in [-0.05, 0) is 18.4 Å². The van der Waals surface area contributed by atoms with E-state index in [0.29, 0.717) is 5.56 Å². The van der Waals surface area contributed by atoms with E-state index in [2.05, 4.69) is 16.6 Å². The zero-order chi connectivity index (χ0) is 12.3. The number of benzene rings is 1. The Kier molecular flexibility index (Phi) is 3.81. The number of hydrogen-bond acceptors (Lipinski definition) is 4. The smallest absolute Gasteiger partial charge is 0.248 e. The first kappa shape index (κ1) is 12.1. The number of carbonyl (C=O) groups is 1. The number of nitrogens with two attached hydrogens (primary N) is 1. The van der Waals surface area contributed by atoms with Crippen molar-refractivity contribution in [3.63, 3.8) is 0 Å². The van der Waals surface area contributed by atoms with Gasteiger partial charge in [0.15, 0.2) is 0 Å². The topological polar surface area (TPSA) is 56.0 Å². The van der Waals surface area contributed by atoms with Gasteiger partial charge in [-0.25, -0.2) is 4.98 Å². The molecule has 0 aliphatic carbocycles. The van der Waals surface area contributed by atoms with Crippen LogP contribution in [0.25, 0.3) is 10.6 Å². The second-order valence-corrected chi connectivity index (χ2v) is 5.24. The molecule has 0 radical (unpaired) electrons. The van der Waals surface area contributed by atoms with Gasteiger partial charge in [-0.1, -0.05) is 12.1 Å². The van der Waals surface area contributed by atoms with E-state index in [4.69, 9.17) is 5.73 Å². The monoisotopic (exact) mass is 264 g/mol. The number of amides is 1. The fourth-order valence-corrected chi connectivity index (χ4v) is 2.81. The van der Waals surface area contributed by atoms with Gasteiger partial charge in [-0.2, -0.15) is 11.8 Å². The van der Waals surface area contributed by atoms with Crippen LogP contribution in [0.3, 0.4) is 0 Å². The van der Waals surface area contributed by atoms with Gasteiger partial charge in [0.1, 0.15) is 5.01 Å². The summed E-state index contributed by atoms with van der Waals surface area (Å²) in [6.07, 6.45) is 2.06. The van der Waals surface area contributed by atoms with E-state index in [9.17, 15) is 4.79 Å². The second kappa shape index (κ2) is 5.33. The standard InChI is InChI=1S/C12H12N2OS2/c1-16-6-10-7-17-12(14-10)9-4-2-8(3-5-9)11(13)15/h2-5,7H,6H2,1H3,(H2,13,15). The van der Waals surface area contributed by atoms with Crippen molar-refractivity contribution in [3.8, 4) is 10.6 Å². The zero-order valence-electron chi connectivity index (χ0n) is 9.34. The van der Waals surface area contributed by atoms with Crippen LogP contribution in [0.1, 0.15) is 16.1 Å². The molecule has 17 heavy (non-hydrogen) atoms. The predicted octanol–water partition coefficient (Wildman–Crippen LogP) is 2.77. The highest BCUT2D eigenvalue weighted by molar-refractivity contribution is 7.97. The molecule has 1 heterocycles. The molecule has 1 aromatic carbocycles. The van der Waals surface area contributed by atoms with E-state index in [0.717, 1.165) is 22.0 Å². The Morgan fingerprint density at radius 1 is 1.41 bits per heavy atom. The van der Waals surface area contributed by atoms with E-state index in [1.54, 1.807) is 35.2 Å². The first-order valence-electron chi connectivity index (χ1n) is 5.04. The number of thiazole rings is 1. The van der Waals surface area contributed by atoms with Gasteiger partial charge in [0, 0.05) is 22.3 Å². The average molecular weight is 264 g/mol. The third-order valence-corrected chi connectivity index (χ3v) is 3.78. The molecule has 0 saturated carbocycles. The minimum Gasteiger partial charge on any atom is -0.366 e. The highest BCUT2D eigenvalue weighted by Gasteiger charge is 2.05. The van der Waals surface area contributed by atoms with Crippen LogP contribution in [0.15, 0.2) is 29.6 Å². The molecule has 0 fully saturated rings. The van der Waals surface area contributed by atoms with Crippen molar-refractivity contribution in [3.05, 3.63) is 40.9 Å². The second-order valence-electron chi connectivity index (χ2n) is 3.52. The molecule has 0 bridgehead atoms. The average Bonchev–Trinajstić information content (AvgIpc) is 2.78. The summed E-state index contributed by atoms with van der Waals surface area (Å²) >= 11 is 3.37. The Balaban J connectivity index is 2.23. The first-order valence-corrected chi connectivity index (χ1v) is 7.31. The van der Waals surface area contributed by atoms with Crippen LogP contribution in [0.2, 0.25) is 0 Å². The van der Waals surface area contributed by atoms with Gasteiger partial charge in [-0.3, -0.25) is 4.79 Å². The van der Waals surface area contributed by atoms with Gasteiger partial charge in [-0.15, -0.1) is 11.3 Å². The van der Waals surface area contributed by atoms with Crippen LogP contribution in [-0.4, -0.2) is 17.1 Å². The summed E-state index contributed by atoms with van der Waals surface area (Å²) in [5, 5.41) is 3.04. The molecule has 3 nitrogen and oxygen atoms in total. The van der Waals surface area contributed by atoms with Gasteiger partial charge < -0.3 is 5.73 Å². The normalized spacial score (nSPS) is 10.4. The Hall–Kier alpha value is -1.33. The van der Waals surface area contributed by atoms with E-state index >= 15 is 0 Å². The molecule has 0 spiro atoms. The number of aromatic nitrogens is 1. The molecule has 5 heteroatoms. The molecule has 0 atom stereocenters. The Morgan fingerprint density at radius 2 is 2.12 bits per heavy atom. The first-order chi connectivity index (χ1) is 8.20. The number of carbonyl (C=O) groups excluding carboxylic acids is 1. The molecule has 0 aliphatic rings. The van der Waals surface area contributed by atoms with E-state index in [-0.39, 0.29) is 0 Å². The number of primary amides is 1. The number of hydrogen-bond donors (Lipinski definition) is 1. The van der Waals surface area contributed by atoms with E-state index in [1.807, 2.05) is 12.1 Å². The fourth-order valence-electron chi connectivity index (χ4n) is 1.43. The Bertz CT molecular complexity index is 520. The highest BCUT2D eigenvalue weighted by atomic mass is 32.2. The maximum Gasteiger partial charge on any atom is 0.248 e. The van der Waals surface area contributed by atoms with Gasteiger partial charge in [0.05, 0.1) is 5.69 Å². The molecule has 2 rings (SSSR count). The molecule has 88 valence electrons. The number of thioether (sulfide) groups is 1. The molecular weight excluding hydrogens is 252 g/mol. The lowest BCUT2D eigenvalue weighted by atomic mass is 10.1. The van der Waals surface area contributed by atoms with Gasteiger partial charge in [0.25, 0.3) is 0 Å². The van der Waals surface area contributed by atoms with Crippen LogP contribution in [0.4, 0.5) is 0 Å². The van der Waals surface area contributed by atoms with Crippen LogP contribution >= 0.6 is 23.1 Å². The minimum atomic E-state index is -0.404. The van der Waals surface area contributed by atoms with Crippen LogP contribution in [0.5, 0.6) is 0 Å². The molecule has 0 saturated heterocycles. The summed E-state index contributed by atoms with van der Waals surface area (Å²) in [5.41, 5.74) is 7.83. The molecule has 1 amide bonds. The van der Waals surface area contributed by atoms with E-state index in [1.165, 1.54) is 0 Å². The summed E-state index contributed by atoms with van der Waals surface area (Å²) in [4.78, 5) is 15.5. The maximum absolute atomic E-state index is 10.9. The molecule has 1 aromatic heterocycles. The van der Waals surface area contributed by atoms with Crippen molar-refractivity contribution < 1.29 is 4.79 Å². The summed E-state index contributed by atoms with van der Waals surface area (Å²) in [6.45, 7) is 0. The highest BCUT2D eigenvalue weighted by Crippen LogP contribution is 2.25. The summed E-state index contributed by atoms with van der Waals surface area (Å²) in [5.74, 6) is 0.523. The van der Waals surface area contributed by atoms with Crippen molar-refractivity contribution in [2.75, 3.05) is 6.26 Å². The summed E-state index contributed by atoms with van der Waals surface area (Å²) in [6, 6.07) is 7.21. The largest absolute Gasteiger partial charge is 0.366 e. The van der Waals surface area contributed by atoms with Crippen LogP contribution < -0.4 is 5.73 Å². The zero-order valence-corrected chi connectivity index (χ0v) is 11.0.